The second kappa shape index (κ2) is 6.54. The summed E-state index contributed by atoms with van der Waals surface area (Å²) in [4.78, 5) is 28.7. The highest BCUT2D eigenvalue weighted by Gasteiger charge is 2.51. The van der Waals surface area contributed by atoms with E-state index in [0.717, 1.165) is 19.5 Å². The molecule has 2 fully saturated rings. The fourth-order valence-corrected chi connectivity index (χ4v) is 3.88. The predicted molar refractivity (Wildman–Crippen MR) is 92.7 cm³/mol. The summed E-state index contributed by atoms with van der Waals surface area (Å²) in [5.41, 5.74) is 0.644. The zero-order valence-corrected chi connectivity index (χ0v) is 14.6. The van der Waals surface area contributed by atoms with Crippen LogP contribution in [0.25, 0.3) is 0 Å². The van der Waals surface area contributed by atoms with Gasteiger partial charge in [0.1, 0.15) is 5.54 Å². The first-order valence-electron chi connectivity index (χ1n) is 7.57. The number of amides is 2. The monoisotopic (exact) mass is 413 g/mol. The lowest BCUT2D eigenvalue weighted by molar-refractivity contribution is -0.142. The van der Waals surface area contributed by atoms with Gasteiger partial charge in [0, 0.05) is 32.7 Å². The van der Waals surface area contributed by atoms with Crippen LogP contribution in [0.4, 0.5) is 0 Å². The Morgan fingerprint density at radius 1 is 1.27 bits per heavy atom. The topological polar surface area (TPSA) is 52.7 Å². The van der Waals surface area contributed by atoms with Gasteiger partial charge in [0.15, 0.2) is 0 Å². The fraction of sp³-hybridized carbons (Fsp3) is 0.500. The SMILES string of the molecule is O=C(CI)N1CCN(Cc2ccccc2)C2(CCNC2=O)C1. The van der Waals surface area contributed by atoms with Crippen molar-refractivity contribution in [3.63, 3.8) is 0 Å². The Bertz CT molecular complexity index is 566. The zero-order chi connectivity index (χ0) is 15.6. The van der Waals surface area contributed by atoms with E-state index in [9.17, 15) is 9.59 Å². The fourth-order valence-electron chi connectivity index (χ4n) is 3.40. The molecule has 2 saturated heterocycles. The van der Waals surface area contributed by atoms with E-state index in [1.165, 1.54) is 5.56 Å². The van der Waals surface area contributed by atoms with Gasteiger partial charge in [-0.15, -0.1) is 0 Å². The van der Waals surface area contributed by atoms with Crippen LogP contribution in [0, 0.1) is 0 Å². The van der Waals surface area contributed by atoms with Crippen molar-refractivity contribution in [2.75, 3.05) is 30.6 Å². The van der Waals surface area contributed by atoms with Gasteiger partial charge in [0.25, 0.3) is 0 Å². The number of piperazine rings is 1. The number of nitrogens with zero attached hydrogens (tertiary/aromatic N) is 2. The summed E-state index contributed by atoms with van der Waals surface area (Å²) in [6, 6.07) is 10.2. The second-order valence-corrected chi connectivity index (χ2v) is 6.66. The van der Waals surface area contributed by atoms with Crippen LogP contribution in [0.2, 0.25) is 0 Å². The number of carbonyl (C=O) groups excluding carboxylic acids is 2. The molecule has 2 amide bonds. The molecule has 6 heteroatoms. The zero-order valence-electron chi connectivity index (χ0n) is 12.4. The van der Waals surface area contributed by atoms with Crippen molar-refractivity contribution in [3.8, 4) is 0 Å². The third-order valence-electron chi connectivity index (χ3n) is 4.63. The van der Waals surface area contributed by atoms with Crippen molar-refractivity contribution in [1.29, 1.82) is 0 Å². The van der Waals surface area contributed by atoms with Crippen LogP contribution >= 0.6 is 22.6 Å². The Labute approximate surface area is 144 Å². The molecule has 2 heterocycles. The van der Waals surface area contributed by atoms with Gasteiger partial charge in [-0.3, -0.25) is 14.5 Å². The van der Waals surface area contributed by atoms with E-state index in [2.05, 4.69) is 44.9 Å². The Kier molecular flexibility index (Phi) is 4.67. The number of carbonyl (C=O) groups is 2. The van der Waals surface area contributed by atoms with E-state index in [1.54, 1.807) is 0 Å². The van der Waals surface area contributed by atoms with Crippen molar-refractivity contribution in [1.82, 2.24) is 15.1 Å². The number of rotatable bonds is 3. The Morgan fingerprint density at radius 2 is 2.05 bits per heavy atom. The first kappa shape index (κ1) is 15.7. The van der Waals surface area contributed by atoms with Gasteiger partial charge in [0.2, 0.25) is 11.8 Å². The van der Waals surface area contributed by atoms with E-state index in [1.807, 2.05) is 23.1 Å². The van der Waals surface area contributed by atoms with Crippen LogP contribution in [0.15, 0.2) is 30.3 Å². The lowest BCUT2D eigenvalue weighted by Gasteiger charge is -2.47. The van der Waals surface area contributed by atoms with Crippen LogP contribution in [-0.2, 0) is 16.1 Å². The van der Waals surface area contributed by atoms with Crippen molar-refractivity contribution >= 4 is 34.4 Å². The maximum absolute atomic E-state index is 12.5. The highest BCUT2D eigenvalue weighted by Crippen LogP contribution is 2.30. The third-order valence-corrected chi connectivity index (χ3v) is 5.28. The molecule has 1 N–H and O–H groups in total. The minimum atomic E-state index is -0.560. The maximum atomic E-state index is 12.5. The normalized spacial score (nSPS) is 25.5. The van der Waals surface area contributed by atoms with Crippen LogP contribution < -0.4 is 5.32 Å². The molecule has 1 spiro atoms. The number of hydrogen-bond acceptors (Lipinski definition) is 3. The Balaban J connectivity index is 1.83. The molecular formula is C16H20IN3O2. The molecule has 0 aliphatic carbocycles. The summed E-state index contributed by atoms with van der Waals surface area (Å²) in [5.74, 6) is 0.188. The molecule has 0 radical (unpaired) electrons. The number of nitrogens with one attached hydrogen (secondary N) is 1. The van der Waals surface area contributed by atoms with Gasteiger partial charge < -0.3 is 10.2 Å². The molecule has 3 rings (SSSR count). The molecule has 118 valence electrons. The lowest BCUT2D eigenvalue weighted by atomic mass is 9.91. The quantitative estimate of drug-likeness (QED) is 0.595. The first-order valence-corrected chi connectivity index (χ1v) is 9.09. The molecule has 0 aromatic heterocycles. The molecule has 0 bridgehead atoms. The largest absolute Gasteiger partial charge is 0.354 e. The van der Waals surface area contributed by atoms with Crippen LogP contribution in [0.3, 0.4) is 0 Å². The van der Waals surface area contributed by atoms with Gasteiger partial charge in [0.05, 0.1) is 4.43 Å². The van der Waals surface area contributed by atoms with Gasteiger partial charge in [-0.2, -0.15) is 0 Å². The van der Waals surface area contributed by atoms with Crippen LogP contribution in [-0.4, -0.2) is 57.8 Å². The average molecular weight is 413 g/mol. The van der Waals surface area contributed by atoms with Crippen molar-refractivity contribution in [3.05, 3.63) is 35.9 Å². The minimum Gasteiger partial charge on any atom is -0.354 e. The summed E-state index contributed by atoms with van der Waals surface area (Å²) in [6.07, 6.45) is 0.768. The molecule has 2 aliphatic rings. The van der Waals surface area contributed by atoms with Gasteiger partial charge >= 0.3 is 0 Å². The number of halogens is 1. The van der Waals surface area contributed by atoms with E-state index in [-0.39, 0.29) is 11.8 Å². The van der Waals surface area contributed by atoms with Crippen LogP contribution in [0.1, 0.15) is 12.0 Å². The van der Waals surface area contributed by atoms with Crippen LogP contribution in [0.5, 0.6) is 0 Å². The Morgan fingerprint density at radius 3 is 2.68 bits per heavy atom. The summed E-state index contributed by atoms with van der Waals surface area (Å²) >= 11 is 2.09. The molecule has 1 aromatic carbocycles. The van der Waals surface area contributed by atoms with E-state index < -0.39 is 5.54 Å². The smallest absolute Gasteiger partial charge is 0.242 e. The van der Waals surface area contributed by atoms with Crippen molar-refractivity contribution < 1.29 is 9.59 Å². The number of alkyl halides is 1. The summed E-state index contributed by atoms with van der Waals surface area (Å²) in [7, 11) is 0. The van der Waals surface area contributed by atoms with Gasteiger partial charge in [-0.05, 0) is 12.0 Å². The summed E-state index contributed by atoms with van der Waals surface area (Å²) in [5, 5.41) is 2.95. The highest BCUT2D eigenvalue weighted by molar-refractivity contribution is 14.1. The lowest BCUT2D eigenvalue weighted by Crippen LogP contribution is -2.66. The molecule has 1 atom stereocenters. The number of hydrogen-bond donors (Lipinski definition) is 1. The first-order chi connectivity index (χ1) is 10.7. The third kappa shape index (κ3) is 2.86. The predicted octanol–water partition coefficient (Wildman–Crippen LogP) is 1.02. The van der Waals surface area contributed by atoms with E-state index in [4.69, 9.17) is 0 Å². The highest BCUT2D eigenvalue weighted by atomic mass is 127. The molecular weight excluding hydrogens is 393 g/mol. The average Bonchev–Trinajstić information content (AvgIpc) is 2.91. The minimum absolute atomic E-state index is 0.0642. The van der Waals surface area contributed by atoms with Gasteiger partial charge in [-0.25, -0.2) is 0 Å². The number of benzene rings is 1. The van der Waals surface area contributed by atoms with E-state index in [0.29, 0.717) is 24.1 Å². The molecule has 1 unspecified atom stereocenters. The Hall–Kier alpha value is -1.15. The van der Waals surface area contributed by atoms with Gasteiger partial charge in [-0.1, -0.05) is 52.9 Å². The molecule has 2 aliphatic heterocycles. The van der Waals surface area contributed by atoms with Crippen molar-refractivity contribution in [2.45, 2.75) is 18.5 Å². The molecule has 22 heavy (non-hydrogen) atoms. The molecule has 0 saturated carbocycles. The van der Waals surface area contributed by atoms with Crippen molar-refractivity contribution in [2.24, 2.45) is 0 Å². The summed E-state index contributed by atoms with van der Waals surface area (Å²) in [6.45, 7) is 3.39. The second-order valence-electron chi connectivity index (χ2n) is 5.89. The van der Waals surface area contributed by atoms with E-state index >= 15 is 0 Å². The summed E-state index contributed by atoms with van der Waals surface area (Å²) < 4.78 is 0.466. The standard InChI is InChI=1S/C16H20IN3O2/c17-10-14(21)19-8-9-20(11-13-4-2-1-3-5-13)16(12-19)6-7-18-15(16)22/h1-5H,6-12H2,(H,18,22). The maximum Gasteiger partial charge on any atom is 0.242 e. The molecule has 1 aromatic rings. The molecule has 5 nitrogen and oxygen atoms in total.